The lowest BCUT2D eigenvalue weighted by atomic mass is 9.99. The number of carbonyl (C=O) groups excluding carboxylic acids is 1. The highest BCUT2D eigenvalue weighted by molar-refractivity contribution is 5.80. The molecule has 20 heavy (non-hydrogen) atoms. The minimum atomic E-state index is -0.592. The Morgan fingerprint density at radius 1 is 1.30 bits per heavy atom. The van der Waals surface area contributed by atoms with Crippen molar-refractivity contribution in [2.24, 2.45) is 0 Å². The largest absolute Gasteiger partial charge is 0.468 e. The highest BCUT2D eigenvalue weighted by Crippen LogP contribution is 2.25. The third kappa shape index (κ3) is 3.51. The van der Waals surface area contributed by atoms with Gasteiger partial charge in [0.15, 0.2) is 0 Å². The number of hydrogen-bond donors (Lipinski definition) is 1. The lowest BCUT2D eigenvalue weighted by Crippen LogP contribution is -2.63. The minimum Gasteiger partial charge on any atom is -0.468 e. The number of nitrogens with one attached hydrogen (secondary N) is 1. The van der Waals surface area contributed by atoms with E-state index in [9.17, 15) is 4.79 Å². The molecule has 0 aromatic rings. The van der Waals surface area contributed by atoms with Crippen LogP contribution in [-0.4, -0.2) is 73.2 Å². The molecule has 3 atom stereocenters. The van der Waals surface area contributed by atoms with Crippen molar-refractivity contribution in [1.82, 2.24) is 15.1 Å². The maximum absolute atomic E-state index is 12.2. The fourth-order valence-electron chi connectivity index (χ4n) is 3.16. The summed E-state index contributed by atoms with van der Waals surface area (Å²) in [5.41, 5.74) is -0.592. The van der Waals surface area contributed by atoms with Gasteiger partial charge in [0.25, 0.3) is 0 Å². The van der Waals surface area contributed by atoms with Gasteiger partial charge >= 0.3 is 5.97 Å². The number of nitrogens with zero attached hydrogens (tertiary/aromatic N) is 2. The van der Waals surface area contributed by atoms with Gasteiger partial charge in [0.2, 0.25) is 0 Å². The number of carbonyl (C=O) groups is 1. The van der Waals surface area contributed by atoms with E-state index < -0.39 is 5.54 Å². The Hall–Kier alpha value is -0.650. The van der Waals surface area contributed by atoms with E-state index in [4.69, 9.17) is 4.74 Å². The molecule has 1 saturated carbocycles. The molecule has 0 radical (unpaired) electrons. The number of likely N-dealkylation sites (N-methyl/N-ethyl adjacent to an activating group) is 1. The first-order chi connectivity index (χ1) is 9.35. The van der Waals surface area contributed by atoms with E-state index in [1.54, 1.807) is 0 Å². The molecule has 116 valence electrons. The van der Waals surface area contributed by atoms with Gasteiger partial charge < -0.3 is 4.74 Å². The first-order valence-corrected chi connectivity index (χ1v) is 7.66. The highest BCUT2D eigenvalue weighted by Gasteiger charge is 2.42. The Morgan fingerprint density at radius 3 is 2.30 bits per heavy atom. The molecule has 1 aliphatic heterocycles. The molecular formula is C15H29N3O2. The summed E-state index contributed by atoms with van der Waals surface area (Å²) in [6, 6.07) is 1.52. The number of hydrogen-bond acceptors (Lipinski definition) is 5. The zero-order valence-electron chi connectivity index (χ0n) is 13.5. The Balaban J connectivity index is 2.01. The first kappa shape index (κ1) is 15.7. The molecular weight excluding hydrogens is 254 g/mol. The van der Waals surface area contributed by atoms with Gasteiger partial charge in [0, 0.05) is 37.8 Å². The Morgan fingerprint density at radius 2 is 1.85 bits per heavy atom. The molecule has 5 nitrogen and oxygen atoms in total. The quantitative estimate of drug-likeness (QED) is 0.752. The molecule has 2 aliphatic rings. The molecule has 5 heteroatoms. The van der Waals surface area contributed by atoms with E-state index in [0.29, 0.717) is 18.1 Å². The molecule has 3 unspecified atom stereocenters. The van der Waals surface area contributed by atoms with Crippen molar-refractivity contribution in [3.05, 3.63) is 0 Å². The van der Waals surface area contributed by atoms with Gasteiger partial charge in [0.05, 0.1) is 7.11 Å². The Bertz CT molecular complexity index is 347. The van der Waals surface area contributed by atoms with Crippen LogP contribution in [0.1, 0.15) is 33.6 Å². The second kappa shape index (κ2) is 6.00. The standard InChI is InChI=1S/C15H29N3O2/c1-11-8-18(9-12(2)17(11)4)10-15(3,14(19)20-5)16-13-6-7-13/h11-13,16H,6-10H2,1-5H3. The highest BCUT2D eigenvalue weighted by atomic mass is 16.5. The molecule has 2 rings (SSSR count). The summed E-state index contributed by atoms with van der Waals surface area (Å²) in [6.45, 7) is 9.18. The smallest absolute Gasteiger partial charge is 0.327 e. The van der Waals surface area contributed by atoms with Gasteiger partial charge in [0.1, 0.15) is 5.54 Å². The molecule has 1 heterocycles. The van der Waals surface area contributed by atoms with E-state index >= 15 is 0 Å². The number of esters is 1. The number of piperazine rings is 1. The van der Waals surface area contributed by atoms with Gasteiger partial charge in [-0.15, -0.1) is 0 Å². The van der Waals surface area contributed by atoms with Crippen molar-refractivity contribution >= 4 is 5.97 Å². The van der Waals surface area contributed by atoms with E-state index in [0.717, 1.165) is 19.6 Å². The molecule has 0 amide bonds. The van der Waals surface area contributed by atoms with Gasteiger partial charge in [-0.1, -0.05) is 0 Å². The molecule has 0 aromatic carbocycles. The number of ether oxygens (including phenoxy) is 1. The van der Waals surface area contributed by atoms with Crippen LogP contribution in [0.4, 0.5) is 0 Å². The summed E-state index contributed by atoms with van der Waals surface area (Å²) in [5.74, 6) is -0.149. The van der Waals surface area contributed by atoms with Crippen LogP contribution in [-0.2, 0) is 9.53 Å². The van der Waals surface area contributed by atoms with Gasteiger partial charge in [-0.2, -0.15) is 0 Å². The van der Waals surface area contributed by atoms with E-state index in [-0.39, 0.29) is 5.97 Å². The molecule has 1 aliphatic carbocycles. The first-order valence-electron chi connectivity index (χ1n) is 7.66. The molecule has 0 aromatic heterocycles. The van der Waals surface area contributed by atoms with Crippen LogP contribution in [0.15, 0.2) is 0 Å². The predicted molar refractivity (Wildman–Crippen MR) is 79.7 cm³/mol. The average molecular weight is 283 g/mol. The molecule has 0 spiro atoms. The number of rotatable bonds is 5. The second-order valence-electron chi connectivity index (χ2n) is 6.80. The van der Waals surface area contributed by atoms with Gasteiger partial charge in [-0.3, -0.25) is 19.9 Å². The van der Waals surface area contributed by atoms with Crippen LogP contribution >= 0.6 is 0 Å². The summed E-state index contributed by atoms with van der Waals surface area (Å²) in [7, 11) is 3.65. The van der Waals surface area contributed by atoms with Crippen molar-refractivity contribution in [3.63, 3.8) is 0 Å². The van der Waals surface area contributed by atoms with Crippen LogP contribution in [0.2, 0.25) is 0 Å². The van der Waals surface area contributed by atoms with Crippen LogP contribution in [0.25, 0.3) is 0 Å². The summed E-state index contributed by atoms with van der Waals surface area (Å²) < 4.78 is 5.02. The SMILES string of the molecule is COC(=O)C(C)(CN1CC(C)N(C)C(C)C1)NC1CC1. The fraction of sp³-hybridized carbons (Fsp3) is 0.933. The maximum Gasteiger partial charge on any atom is 0.327 e. The lowest BCUT2D eigenvalue weighted by Gasteiger charge is -2.45. The predicted octanol–water partition coefficient (Wildman–Crippen LogP) is 0.695. The van der Waals surface area contributed by atoms with Crippen molar-refractivity contribution in [3.8, 4) is 0 Å². The van der Waals surface area contributed by atoms with Crippen molar-refractivity contribution in [2.75, 3.05) is 33.8 Å². The monoisotopic (exact) mass is 283 g/mol. The van der Waals surface area contributed by atoms with Crippen molar-refractivity contribution in [1.29, 1.82) is 0 Å². The number of methoxy groups -OCH3 is 1. The van der Waals surface area contributed by atoms with Gasteiger partial charge in [-0.05, 0) is 40.7 Å². The normalized spacial score (nSPS) is 31.9. The van der Waals surface area contributed by atoms with Crippen molar-refractivity contribution < 1.29 is 9.53 Å². The Kier molecular flexibility index (Phi) is 4.72. The lowest BCUT2D eigenvalue weighted by molar-refractivity contribution is -0.149. The topological polar surface area (TPSA) is 44.8 Å². The van der Waals surface area contributed by atoms with Crippen LogP contribution < -0.4 is 5.32 Å². The molecule has 1 N–H and O–H groups in total. The van der Waals surface area contributed by atoms with E-state index in [1.807, 2.05) is 6.92 Å². The van der Waals surface area contributed by atoms with Crippen LogP contribution in [0, 0.1) is 0 Å². The van der Waals surface area contributed by atoms with Crippen LogP contribution in [0.5, 0.6) is 0 Å². The summed E-state index contributed by atoms with van der Waals surface area (Å²) >= 11 is 0. The summed E-state index contributed by atoms with van der Waals surface area (Å²) in [4.78, 5) is 17.0. The maximum atomic E-state index is 12.2. The third-order valence-electron chi connectivity index (χ3n) is 4.71. The Labute approximate surface area is 122 Å². The average Bonchev–Trinajstić information content (AvgIpc) is 3.18. The fourth-order valence-corrected chi connectivity index (χ4v) is 3.16. The third-order valence-corrected chi connectivity index (χ3v) is 4.71. The molecule has 0 bridgehead atoms. The van der Waals surface area contributed by atoms with Gasteiger partial charge in [-0.25, -0.2) is 0 Å². The van der Waals surface area contributed by atoms with E-state index in [1.165, 1.54) is 20.0 Å². The second-order valence-corrected chi connectivity index (χ2v) is 6.80. The summed E-state index contributed by atoms with van der Waals surface area (Å²) in [6.07, 6.45) is 2.34. The zero-order chi connectivity index (χ0) is 14.9. The van der Waals surface area contributed by atoms with Crippen LogP contribution in [0.3, 0.4) is 0 Å². The minimum absolute atomic E-state index is 0.149. The zero-order valence-corrected chi connectivity index (χ0v) is 13.5. The summed E-state index contributed by atoms with van der Waals surface area (Å²) in [5, 5.41) is 3.48. The van der Waals surface area contributed by atoms with Crippen molar-refractivity contribution in [2.45, 2.75) is 57.3 Å². The molecule has 1 saturated heterocycles. The van der Waals surface area contributed by atoms with E-state index in [2.05, 4.69) is 36.0 Å². The molecule has 2 fully saturated rings.